The summed E-state index contributed by atoms with van der Waals surface area (Å²) in [5, 5.41) is 0. The summed E-state index contributed by atoms with van der Waals surface area (Å²) in [6.45, 7) is 4.22. The fraction of sp³-hybridized carbons (Fsp3) is 0.444. The number of piperidine rings is 1. The number of aromatic nitrogens is 3. The second-order valence-electron chi connectivity index (χ2n) is 6.57. The number of nitrogens with zero attached hydrogens (tertiary/aromatic N) is 3. The van der Waals surface area contributed by atoms with Crippen LogP contribution in [-0.4, -0.2) is 44.2 Å². The van der Waals surface area contributed by atoms with Gasteiger partial charge in [-0.3, -0.25) is 14.4 Å². The third kappa shape index (κ3) is 3.26. The summed E-state index contributed by atoms with van der Waals surface area (Å²) in [6, 6.07) is 1.42. The largest absolute Gasteiger partial charge is 0.338 e. The zero-order valence-electron chi connectivity index (χ0n) is 14.7. The molecule has 1 aliphatic rings. The average molecular weight is 342 g/mol. The Labute approximate surface area is 145 Å². The van der Waals surface area contributed by atoms with Crippen molar-refractivity contribution >= 4 is 11.7 Å². The molecule has 0 radical (unpaired) electrons. The molecule has 0 spiro atoms. The van der Waals surface area contributed by atoms with Gasteiger partial charge in [-0.1, -0.05) is 0 Å². The molecule has 1 amide bonds. The van der Waals surface area contributed by atoms with Crippen molar-refractivity contribution < 1.29 is 9.59 Å². The van der Waals surface area contributed by atoms with Gasteiger partial charge in [0.25, 0.3) is 11.5 Å². The lowest BCUT2D eigenvalue weighted by atomic mass is 9.95. The third-order valence-corrected chi connectivity index (χ3v) is 4.85. The Morgan fingerprint density at radius 2 is 1.92 bits per heavy atom. The van der Waals surface area contributed by atoms with Crippen molar-refractivity contribution in [2.75, 3.05) is 13.1 Å². The van der Waals surface area contributed by atoms with Crippen LogP contribution in [0.4, 0.5) is 0 Å². The summed E-state index contributed by atoms with van der Waals surface area (Å²) < 4.78 is 2.01. The minimum absolute atomic E-state index is 0.0336. The summed E-state index contributed by atoms with van der Waals surface area (Å²) in [7, 11) is 1.97. The Kier molecular flexibility index (Phi) is 4.57. The van der Waals surface area contributed by atoms with Crippen molar-refractivity contribution in [2.24, 2.45) is 7.05 Å². The molecule has 0 aromatic carbocycles. The molecule has 25 heavy (non-hydrogen) atoms. The summed E-state index contributed by atoms with van der Waals surface area (Å²) in [5.41, 5.74) is 0.457. The highest BCUT2D eigenvalue weighted by Crippen LogP contribution is 2.27. The number of pyridine rings is 1. The van der Waals surface area contributed by atoms with Crippen LogP contribution in [0.1, 0.15) is 57.9 Å². The number of amides is 1. The van der Waals surface area contributed by atoms with Crippen LogP contribution in [0.5, 0.6) is 0 Å². The molecule has 132 valence electrons. The van der Waals surface area contributed by atoms with Crippen LogP contribution in [0.3, 0.4) is 0 Å². The lowest BCUT2D eigenvalue weighted by molar-refractivity contribution is 0.0708. The van der Waals surface area contributed by atoms with E-state index in [9.17, 15) is 14.4 Å². The van der Waals surface area contributed by atoms with E-state index < -0.39 is 5.56 Å². The highest BCUT2D eigenvalue weighted by atomic mass is 16.2. The van der Waals surface area contributed by atoms with E-state index in [2.05, 4.69) is 9.97 Å². The number of carbonyl (C=O) groups is 2. The van der Waals surface area contributed by atoms with Gasteiger partial charge in [-0.15, -0.1) is 0 Å². The number of Topliss-reactive ketones (excluding diaryl/α,β-unsaturated/α-hetero) is 1. The molecule has 2 aromatic heterocycles. The summed E-state index contributed by atoms with van der Waals surface area (Å²) in [5.74, 6) is 0.852. The predicted octanol–water partition coefficient (Wildman–Crippen LogP) is 1.64. The first-order chi connectivity index (χ1) is 11.9. The van der Waals surface area contributed by atoms with Crippen LogP contribution in [-0.2, 0) is 7.05 Å². The van der Waals surface area contributed by atoms with E-state index in [-0.39, 0.29) is 17.3 Å². The maximum atomic E-state index is 12.7. The summed E-state index contributed by atoms with van der Waals surface area (Å²) >= 11 is 0. The van der Waals surface area contributed by atoms with Gasteiger partial charge in [-0.05, 0) is 32.8 Å². The van der Waals surface area contributed by atoms with Gasteiger partial charge >= 0.3 is 0 Å². The van der Waals surface area contributed by atoms with Crippen molar-refractivity contribution in [3.05, 3.63) is 51.5 Å². The van der Waals surface area contributed by atoms with Gasteiger partial charge in [0.05, 0.1) is 0 Å². The maximum Gasteiger partial charge on any atom is 0.261 e. The van der Waals surface area contributed by atoms with Crippen molar-refractivity contribution in [1.29, 1.82) is 0 Å². The molecule has 3 rings (SSSR count). The lowest BCUT2D eigenvalue weighted by Gasteiger charge is -2.31. The Hall–Kier alpha value is -2.70. The van der Waals surface area contributed by atoms with E-state index in [1.807, 2.05) is 17.8 Å². The van der Waals surface area contributed by atoms with E-state index in [0.29, 0.717) is 30.3 Å². The van der Waals surface area contributed by atoms with Gasteiger partial charge < -0.3 is 14.5 Å². The number of likely N-dealkylation sites (tertiary alicyclic amines) is 1. The van der Waals surface area contributed by atoms with Crippen LogP contribution in [0.2, 0.25) is 0 Å². The smallest absolute Gasteiger partial charge is 0.261 e. The second kappa shape index (κ2) is 6.66. The van der Waals surface area contributed by atoms with E-state index in [4.69, 9.17) is 0 Å². The number of rotatable bonds is 3. The van der Waals surface area contributed by atoms with Gasteiger partial charge in [-0.25, -0.2) is 4.98 Å². The average Bonchev–Trinajstić information content (AvgIpc) is 3.00. The third-order valence-electron chi connectivity index (χ3n) is 4.85. The van der Waals surface area contributed by atoms with Crippen LogP contribution in [0.25, 0.3) is 0 Å². The monoisotopic (exact) mass is 342 g/mol. The molecule has 1 fully saturated rings. The van der Waals surface area contributed by atoms with Crippen molar-refractivity contribution in [3.8, 4) is 0 Å². The molecule has 3 heterocycles. The summed E-state index contributed by atoms with van der Waals surface area (Å²) in [6.07, 6.45) is 5.31. The Balaban J connectivity index is 1.77. The van der Waals surface area contributed by atoms with Gasteiger partial charge in [-0.2, -0.15) is 0 Å². The zero-order valence-corrected chi connectivity index (χ0v) is 14.7. The molecular weight excluding hydrogens is 320 g/mol. The van der Waals surface area contributed by atoms with E-state index >= 15 is 0 Å². The van der Waals surface area contributed by atoms with Gasteiger partial charge in [0.2, 0.25) is 0 Å². The molecule has 1 saturated heterocycles. The first kappa shape index (κ1) is 17.1. The predicted molar refractivity (Wildman–Crippen MR) is 92.9 cm³/mol. The molecule has 7 heteroatoms. The normalized spacial score (nSPS) is 15.4. The topological polar surface area (TPSA) is 88.1 Å². The molecule has 0 aliphatic carbocycles. The second-order valence-corrected chi connectivity index (χ2v) is 6.57. The SMILES string of the molecule is CC(=O)c1cc(C(=O)N2CCC(c3nccn3C)CC2)c(=O)[nH]c1C. The molecule has 1 aliphatic heterocycles. The van der Waals surface area contributed by atoms with E-state index in [1.165, 1.54) is 13.0 Å². The van der Waals surface area contributed by atoms with Crippen molar-refractivity contribution in [2.45, 2.75) is 32.6 Å². The molecule has 2 aromatic rings. The zero-order chi connectivity index (χ0) is 18.1. The number of nitrogens with one attached hydrogen (secondary N) is 1. The number of ketones is 1. The fourth-order valence-electron chi connectivity index (χ4n) is 3.43. The minimum atomic E-state index is -0.446. The Morgan fingerprint density at radius 3 is 2.48 bits per heavy atom. The quantitative estimate of drug-likeness (QED) is 0.859. The van der Waals surface area contributed by atoms with E-state index in [1.54, 1.807) is 18.0 Å². The van der Waals surface area contributed by atoms with Gasteiger partial charge in [0.1, 0.15) is 11.4 Å². The highest BCUT2D eigenvalue weighted by molar-refractivity contribution is 5.99. The fourth-order valence-corrected chi connectivity index (χ4v) is 3.43. The molecule has 1 N–H and O–H groups in total. The Morgan fingerprint density at radius 1 is 1.24 bits per heavy atom. The number of H-pyrrole nitrogens is 1. The molecule has 7 nitrogen and oxygen atoms in total. The number of aromatic amines is 1. The Bertz CT molecular complexity index is 873. The van der Waals surface area contributed by atoms with Crippen LogP contribution < -0.4 is 5.56 Å². The van der Waals surface area contributed by atoms with Crippen LogP contribution in [0, 0.1) is 6.92 Å². The molecule has 0 saturated carbocycles. The lowest BCUT2D eigenvalue weighted by Crippen LogP contribution is -2.40. The standard InChI is InChI=1S/C18H22N4O3/c1-11-14(12(2)23)10-15(17(24)20-11)18(25)22-7-4-13(5-8-22)16-19-6-9-21(16)3/h6,9-10,13H,4-5,7-8H2,1-3H3,(H,20,24). The summed E-state index contributed by atoms with van der Waals surface area (Å²) in [4.78, 5) is 45.3. The maximum absolute atomic E-state index is 12.7. The molecular formula is C18H22N4O3. The number of hydrogen-bond donors (Lipinski definition) is 1. The first-order valence-electron chi connectivity index (χ1n) is 8.40. The number of hydrogen-bond acceptors (Lipinski definition) is 4. The van der Waals surface area contributed by atoms with Crippen LogP contribution in [0.15, 0.2) is 23.3 Å². The van der Waals surface area contributed by atoms with Gasteiger partial charge in [0.15, 0.2) is 5.78 Å². The number of aryl methyl sites for hydroxylation is 2. The van der Waals surface area contributed by atoms with Gasteiger partial charge in [0, 0.05) is 49.7 Å². The molecule has 0 atom stereocenters. The van der Waals surface area contributed by atoms with Crippen molar-refractivity contribution in [3.63, 3.8) is 0 Å². The van der Waals surface area contributed by atoms with Crippen LogP contribution >= 0.6 is 0 Å². The number of carbonyl (C=O) groups excluding carboxylic acids is 2. The molecule has 0 unspecified atom stereocenters. The highest BCUT2D eigenvalue weighted by Gasteiger charge is 2.28. The van der Waals surface area contributed by atoms with E-state index in [0.717, 1.165) is 18.7 Å². The van der Waals surface area contributed by atoms with Crippen molar-refractivity contribution in [1.82, 2.24) is 19.4 Å². The first-order valence-corrected chi connectivity index (χ1v) is 8.40. The molecule has 0 bridgehead atoms. The number of imidazole rings is 1. The minimum Gasteiger partial charge on any atom is -0.338 e.